The lowest BCUT2D eigenvalue weighted by Crippen LogP contribution is -2.35. The highest BCUT2D eigenvalue weighted by atomic mass is 35.5. The fourth-order valence-corrected chi connectivity index (χ4v) is 1.85. The van der Waals surface area contributed by atoms with Crippen molar-refractivity contribution in [1.82, 2.24) is 0 Å². The molecule has 4 nitrogen and oxygen atoms in total. The predicted molar refractivity (Wildman–Crippen MR) is 65.0 cm³/mol. The summed E-state index contributed by atoms with van der Waals surface area (Å²) >= 11 is 5.53. The van der Waals surface area contributed by atoms with Gasteiger partial charge in [0.2, 0.25) is 0 Å². The Morgan fingerprint density at radius 2 is 2.29 bits per heavy atom. The van der Waals surface area contributed by atoms with Gasteiger partial charge in [-0.1, -0.05) is 0 Å². The topological polar surface area (TPSA) is 46.6 Å². The minimum Gasteiger partial charge on any atom is -0.482 e. The van der Waals surface area contributed by atoms with Gasteiger partial charge in [0.25, 0.3) is 5.91 Å². The first-order valence-electron chi connectivity index (χ1n) is 5.26. The van der Waals surface area contributed by atoms with E-state index in [1.807, 2.05) is 0 Å². The molecule has 0 saturated carbocycles. The Morgan fingerprint density at radius 1 is 1.53 bits per heavy atom. The first kappa shape index (κ1) is 11.9. The second kappa shape index (κ2) is 4.75. The summed E-state index contributed by atoms with van der Waals surface area (Å²) in [6.07, 6.45) is 0.291. The predicted octanol–water partition coefficient (Wildman–Crippen LogP) is 1.85. The summed E-state index contributed by atoms with van der Waals surface area (Å²) in [6.45, 7) is 0.0402. The smallest absolute Gasteiger partial charge is 0.264 e. The molecule has 17 heavy (non-hydrogen) atoms. The van der Waals surface area contributed by atoms with Crippen LogP contribution in [-0.2, 0) is 4.79 Å². The Kier molecular flexibility index (Phi) is 3.33. The third kappa shape index (κ3) is 2.26. The minimum atomic E-state index is -0.126. The van der Waals surface area contributed by atoms with Gasteiger partial charge in [-0.3, -0.25) is 9.59 Å². The fourth-order valence-electron chi connectivity index (χ4n) is 1.68. The molecular weight excluding hydrogens is 242 g/mol. The minimum absolute atomic E-state index is 0.0331. The summed E-state index contributed by atoms with van der Waals surface area (Å²) < 4.78 is 5.27. The standard InChI is InChI=1S/C12H12ClNO3/c1-14-9-6-8(10(15)4-5-13)2-3-11(9)17-7-12(14)16/h2-3,6H,4-5,7H2,1H3. The lowest BCUT2D eigenvalue weighted by Gasteiger charge is -2.26. The lowest BCUT2D eigenvalue weighted by molar-refractivity contribution is -0.120. The molecule has 0 aromatic heterocycles. The molecule has 1 aliphatic rings. The van der Waals surface area contributed by atoms with Gasteiger partial charge in [-0.15, -0.1) is 11.6 Å². The fraction of sp³-hybridized carbons (Fsp3) is 0.333. The molecule has 0 saturated heterocycles. The van der Waals surface area contributed by atoms with E-state index in [2.05, 4.69) is 0 Å². The Labute approximate surface area is 104 Å². The molecule has 0 atom stereocenters. The van der Waals surface area contributed by atoms with Crippen molar-refractivity contribution >= 4 is 29.0 Å². The van der Waals surface area contributed by atoms with Gasteiger partial charge in [-0.25, -0.2) is 0 Å². The van der Waals surface area contributed by atoms with E-state index in [0.717, 1.165) is 0 Å². The van der Waals surface area contributed by atoms with Crippen molar-refractivity contribution in [1.29, 1.82) is 0 Å². The number of ether oxygens (including phenoxy) is 1. The van der Waals surface area contributed by atoms with Crippen LogP contribution in [0.5, 0.6) is 5.75 Å². The summed E-state index contributed by atoms with van der Waals surface area (Å²) in [5, 5.41) is 0. The van der Waals surface area contributed by atoms with Gasteiger partial charge < -0.3 is 9.64 Å². The Balaban J connectivity index is 2.35. The molecule has 0 aliphatic carbocycles. The highest BCUT2D eigenvalue weighted by molar-refractivity contribution is 6.19. The van der Waals surface area contributed by atoms with Crippen molar-refractivity contribution < 1.29 is 14.3 Å². The first-order chi connectivity index (χ1) is 8.13. The number of hydrogen-bond donors (Lipinski definition) is 0. The van der Waals surface area contributed by atoms with E-state index >= 15 is 0 Å². The van der Waals surface area contributed by atoms with Crippen molar-refractivity contribution in [2.45, 2.75) is 6.42 Å². The Bertz CT molecular complexity index is 473. The monoisotopic (exact) mass is 253 g/mol. The number of nitrogens with zero attached hydrogens (tertiary/aromatic N) is 1. The SMILES string of the molecule is CN1C(=O)COc2ccc(C(=O)CCCl)cc21. The molecule has 0 radical (unpaired) electrons. The second-order valence-corrected chi connectivity index (χ2v) is 4.16. The molecule has 5 heteroatoms. The van der Waals surface area contributed by atoms with E-state index < -0.39 is 0 Å². The normalized spacial score (nSPS) is 14.2. The van der Waals surface area contributed by atoms with Gasteiger partial charge in [-0.05, 0) is 18.2 Å². The van der Waals surface area contributed by atoms with Crippen LogP contribution in [-0.4, -0.2) is 31.2 Å². The highest BCUT2D eigenvalue weighted by Crippen LogP contribution is 2.32. The van der Waals surface area contributed by atoms with Crippen LogP contribution < -0.4 is 9.64 Å². The van der Waals surface area contributed by atoms with E-state index in [-0.39, 0.29) is 18.3 Å². The molecule has 0 N–H and O–H groups in total. The summed E-state index contributed by atoms with van der Waals surface area (Å²) in [7, 11) is 1.67. The van der Waals surface area contributed by atoms with E-state index in [9.17, 15) is 9.59 Å². The number of ketones is 1. The molecule has 90 valence electrons. The van der Waals surface area contributed by atoms with Crippen molar-refractivity contribution in [2.75, 3.05) is 24.4 Å². The van der Waals surface area contributed by atoms with Crippen LogP contribution in [0.15, 0.2) is 18.2 Å². The molecule has 0 spiro atoms. The van der Waals surface area contributed by atoms with Crippen molar-refractivity contribution in [3.8, 4) is 5.75 Å². The molecule has 2 rings (SSSR count). The van der Waals surface area contributed by atoms with Crippen LogP contribution in [0.1, 0.15) is 16.8 Å². The van der Waals surface area contributed by atoms with Gasteiger partial charge in [0.15, 0.2) is 12.4 Å². The summed E-state index contributed by atoms with van der Waals surface area (Å²) in [6, 6.07) is 5.07. The van der Waals surface area contributed by atoms with E-state index in [0.29, 0.717) is 29.3 Å². The number of Topliss-reactive ketones (excluding diaryl/α,β-unsaturated/α-hetero) is 1. The number of rotatable bonds is 3. The van der Waals surface area contributed by atoms with Crippen LogP contribution in [0.2, 0.25) is 0 Å². The maximum Gasteiger partial charge on any atom is 0.264 e. The molecule has 0 fully saturated rings. The second-order valence-electron chi connectivity index (χ2n) is 3.79. The first-order valence-corrected chi connectivity index (χ1v) is 5.79. The number of fused-ring (bicyclic) bond motifs is 1. The third-order valence-electron chi connectivity index (χ3n) is 2.69. The van der Waals surface area contributed by atoms with E-state index in [1.165, 1.54) is 4.90 Å². The zero-order valence-electron chi connectivity index (χ0n) is 9.40. The average molecular weight is 254 g/mol. The zero-order valence-corrected chi connectivity index (χ0v) is 10.2. The van der Waals surface area contributed by atoms with Crippen LogP contribution in [0.3, 0.4) is 0 Å². The number of alkyl halides is 1. The average Bonchev–Trinajstić information content (AvgIpc) is 2.34. The number of anilines is 1. The molecule has 1 aromatic rings. The number of hydrogen-bond acceptors (Lipinski definition) is 3. The van der Waals surface area contributed by atoms with Gasteiger partial charge in [0, 0.05) is 24.9 Å². The number of amides is 1. The number of likely N-dealkylation sites (N-methyl/N-ethyl adjacent to an activating group) is 1. The Hall–Kier alpha value is -1.55. The van der Waals surface area contributed by atoms with Crippen LogP contribution in [0.25, 0.3) is 0 Å². The highest BCUT2D eigenvalue weighted by Gasteiger charge is 2.23. The number of benzene rings is 1. The van der Waals surface area contributed by atoms with E-state index in [4.69, 9.17) is 16.3 Å². The van der Waals surface area contributed by atoms with Crippen LogP contribution in [0, 0.1) is 0 Å². The largest absolute Gasteiger partial charge is 0.482 e. The third-order valence-corrected chi connectivity index (χ3v) is 2.88. The van der Waals surface area contributed by atoms with Gasteiger partial charge in [-0.2, -0.15) is 0 Å². The number of carbonyl (C=O) groups is 2. The molecule has 1 aliphatic heterocycles. The summed E-state index contributed by atoms with van der Waals surface area (Å²) in [4.78, 5) is 24.6. The summed E-state index contributed by atoms with van der Waals surface area (Å²) in [5.74, 6) is 0.754. The molecule has 0 unspecified atom stereocenters. The molecule has 1 amide bonds. The van der Waals surface area contributed by atoms with Crippen molar-refractivity contribution in [3.63, 3.8) is 0 Å². The molecule has 1 aromatic carbocycles. The zero-order chi connectivity index (χ0) is 12.4. The maximum atomic E-state index is 11.7. The summed E-state index contributed by atoms with van der Waals surface area (Å²) in [5.41, 5.74) is 1.18. The maximum absolute atomic E-state index is 11.7. The molecule has 1 heterocycles. The van der Waals surface area contributed by atoms with E-state index in [1.54, 1.807) is 25.2 Å². The quantitative estimate of drug-likeness (QED) is 0.610. The number of carbonyl (C=O) groups excluding carboxylic acids is 2. The van der Waals surface area contributed by atoms with Gasteiger partial charge in [0.05, 0.1) is 5.69 Å². The van der Waals surface area contributed by atoms with Gasteiger partial charge in [0.1, 0.15) is 5.75 Å². The molecule has 0 bridgehead atoms. The van der Waals surface area contributed by atoms with Gasteiger partial charge >= 0.3 is 0 Å². The Morgan fingerprint density at radius 3 is 3.00 bits per heavy atom. The van der Waals surface area contributed by atoms with Crippen LogP contribution >= 0.6 is 11.6 Å². The number of halogens is 1. The van der Waals surface area contributed by atoms with Crippen LogP contribution in [0.4, 0.5) is 5.69 Å². The lowest BCUT2D eigenvalue weighted by atomic mass is 10.1. The molecular formula is C12H12ClNO3. The van der Waals surface area contributed by atoms with Crippen molar-refractivity contribution in [2.24, 2.45) is 0 Å². The van der Waals surface area contributed by atoms with Crippen molar-refractivity contribution in [3.05, 3.63) is 23.8 Å².